The highest BCUT2D eigenvalue weighted by Gasteiger charge is 2.09. The second kappa shape index (κ2) is 7.26. The molecule has 0 bridgehead atoms. The molecule has 96 valence electrons. The molecule has 0 amide bonds. The van der Waals surface area contributed by atoms with Gasteiger partial charge in [-0.3, -0.25) is 0 Å². The molecule has 0 aliphatic heterocycles. The van der Waals surface area contributed by atoms with Crippen LogP contribution in [0.25, 0.3) is 0 Å². The molecule has 0 fully saturated rings. The molecule has 0 saturated heterocycles. The summed E-state index contributed by atoms with van der Waals surface area (Å²) in [5, 5.41) is 2.16. The number of nitrogens with zero attached hydrogens (tertiary/aromatic N) is 1. The van der Waals surface area contributed by atoms with E-state index in [1.807, 2.05) is 11.3 Å². The van der Waals surface area contributed by atoms with Gasteiger partial charge in [-0.15, -0.1) is 11.3 Å². The number of hydrogen-bond acceptors (Lipinski definition) is 2. The Morgan fingerprint density at radius 2 is 1.94 bits per heavy atom. The summed E-state index contributed by atoms with van der Waals surface area (Å²) in [5.74, 6) is 0. The van der Waals surface area contributed by atoms with Gasteiger partial charge in [0, 0.05) is 15.3 Å². The molecule has 0 radical (unpaired) electrons. The topological polar surface area (TPSA) is 3.24 Å². The van der Waals surface area contributed by atoms with Crippen LogP contribution >= 0.6 is 33.9 Å². The fourth-order valence-electron chi connectivity index (χ4n) is 1.92. The van der Waals surface area contributed by atoms with Crippen molar-refractivity contribution in [3.63, 3.8) is 0 Å². The Balaban J connectivity index is 1.77. The van der Waals surface area contributed by atoms with Gasteiger partial charge >= 0.3 is 0 Å². The van der Waals surface area contributed by atoms with E-state index in [1.54, 1.807) is 0 Å². The third-order valence-electron chi connectivity index (χ3n) is 2.91. The molecule has 1 aromatic heterocycles. The van der Waals surface area contributed by atoms with Crippen molar-refractivity contribution in [2.75, 3.05) is 13.6 Å². The van der Waals surface area contributed by atoms with Crippen molar-refractivity contribution in [2.45, 2.75) is 16.9 Å². The van der Waals surface area contributed by atoms with Gasteiger partial charge in [0.25, 0.3) is 0 Å². The van der Waals surface area contributed by atoms with Gasteiger partial charge in [0.05, 0.1) is 0 Å². The molecule has 1 unspecified atom stereocenters. The van der Waals surface area contributed by atoms with Gasteiger partial charge in [0.2, 0.25) is 0 Å². The summed E-state index contributed by atoms with van der Waals surface area (Å²) in [6.07, 6.45) is 1.21. The summed E-state index contributed by atoms with van der Waals surface area (Å²) >= 11 is 4.41. The molecule has 2 aromatic rings. The fraction of sp³-hybridized carbons (Fsp3) is 0.333. The molecule has 3 heteroatoms. The molecule has 1 atom stereocenters. The van der Waals surface area contributed by atoms with Crippen LogP contribution in [0.1, 0.15) is 20.8 Å². The van der Waals surface area contributed by atoms with E-state index in [0.29, 0.717) is 3.92 Å². The summed E-state index contributed by atoms with van der Waals surface area (Å²) in [4.78, 5) is 3.89. The minimum atomic E-state index is 0.640. The average Bonchev–Trinajstić information content (AvgIpc) is 2.91. The largest absolute Gasteiger partial charge is 0.302 e. The van der Waals surface area contributed by atoms with E-state index in [9.17, 15) is 0 Å². The summed E-state index contributed by atoms with van der Waals surface area (Å²) < 4.78 is 0.640. The molecule has 0 aliphatic rings. The molecular formula is C15H18INS. The van der Waals surface area contributed by atoms with Gasteiger partial charge in [0.15, 0.2) is 0 Å². The Labute approximate surface area is 127 Å². The molecule has 0 aliphatic carbocycles. The second-order valence-electron chi connectivity index (χ2n) is 4.50. The minimum Gasteiger partial charge on any atom is -0.302 e. The molecule has 1 nitrogen and oxygen atoms in total. The third-order valence-corrected chi connectivity index (χ3v) is 5.61. The smallest absolute Gasteiger partial charge is 0.0465 e. The highest BCUT2D eigenvalue weighted by atomic mass is 127. The number of halogens is 1. The monoisotopic (exact) mass is 371 g/mol. The van der Waals surface area contributed by atoms with Crippen molar-refractivity contribution in [3.8, 4) is 0 Å². The average molecular weight is 371 g/mol. The lowest BCUT2D eigenvalue weighted by Crippen LogP contribution is -2.19. The summed E-state index contributed by atoms with van der Waals surface area (Å²) in [6, 6.07) is 15.0. The van der Waals surface area contributed by atoms with E-state index in [0.717, 1.165) is 13.1 Å². The number of rotatable bonds is 6. The first-order valence-corrected chi connectivity index (χ1v) is 8.28. The number of hydrogen-bond donors (Lipinski definition) is 0. The number of alkyl halides is 1. The van der Waals surface area contributed by atoms with Gasteiger partial charge in [0.1, 0.15) is 0 Å². The van der Waals surface area contributed by atoms with E-state index >= 15 is 0 Å². The van der Waals surface area contributed by atoms with E-state index in [2.05, 4.69) is 82.4 Å². The van der Waals surface area contributed by atoms with E-state index < -0.39 is 0 Å². The van der Waals surface area contributed by atoms with Crippen LogP contribution < -0.4 is 0 Å². The van der Waals surface area contributed by atoms with Crippen molar-refractivity contribution in [1.82, 2.24) is 4.90 Å². The van der Waals surface area contributed by atoms with Crippen LogP contribution in [0.5, 0.6) is 0 Å². The molecule has 1 aromatic carbocycles. The zero-order valence-corrected chi connectivity index (χ0v) is 13.5. The predicted octanol–water partition coefficient (Wildman–Crippen LogP) is 4.75. The van der Waals surface area contributed by atoms with Crippen molar-refractivity contribution in [1.29, 1.82) is 0 Å². The zero-order chi connectivity index (χ0) is 12.8. The Hall–Kier alpha value is -0.390. The SMILES string of the molecule is CN(CCC(I)c1cccs1)Cc1ccccc1. The van der Waals surface area contributed by atoms with Crippen LogP contribution in [0, 0.1) is 0 Å². The molecule has 2 rings (SSSR count). The zero-order valence-electron chi connectivity index (χ0n) is 10.6. The summed E-state index contributed by atoms with van der Waals surface area (Å²) in [5.41, 5.74) is 1.39. The minimum absolute atomic E-state index is 0.640. The van der Waals surface area contributed by atoms with Gasteiger partial charge in [-0.05, 0) is 37.0 Å². The van der Waals surface area contributed by atoms with Crippen LogP contribution in [0.2, 0.25) is 0 Å². The Kier molecular flexibility index (Phi) is 5.66. The fourth-order valence-corrected chi connectivity index (χ4v) is 3.58. The van der Waals surface area contributed by atoms with Crippen LogP contribution in [-0.2, 0) is 6.54 Å². The van der Waals surface area contributed by atoms with Crippen molar-refractivity contribution < 1.29 is 0 Å². The maximum absolute atomic E-state index is 2.55. The molecule has 0 N–H and O–H groups in total. The normalized spacial score (nSPS) is 12.8. The summed E-state index contributed by atoms with van der Waals surface area (Å²) in [7, 11) is 2.20. The quantitative estimate of drug-likeness (QED) is 0.523. The molecule has 0 spiro atoms. The van der Waals surface area contributed by atoms with Gasteiger partial charge in [-0.2, -0.15) is 0 Å². The predicted molar refractivity (Wildman–Crippen MR) is 88.5 cm³/mol. The number of thiophene rings is 1. The van der Waals surface area contributed by atoms with E-state index in [1.165, 1.54) is 16.9 Å². The van der Waals surface area contributed by atoms with E-state index in [-0.39, 0.29) is 0 Å². The lowest BCUT2D eigenvalue weighted by atomic mass is 10.2. The second-order valence-corrected chi connectivity index (χ2v) is 6.98. The summed E-state index contributed by atoms with van der Waals surface area (Å²) in [6.45, 7) is 2.18. The third kappa shape index (κ3) is 4.37. The Morgan fingerprint density at radius 1 is 1.17 bits per heavy atom. The molecule has 18 heavy (non-hydrogen) atoms. The van der Waals surface area contributed by atoms with Crippen LogP contribution in [0.4, 0.5) is 0 Å². The molecule has 1 heterocycles. The lowest BCUT2D eigenvalue weighted by Gasteiger charge is -2.18. The Bertz CT molecular complexity index is 441. The maximum atomic E-state index is 2.55. The van der Waals surface area contributed by atoms with Crippen molar-refractivity contribution in [3.05, 3.63) is 58.3 Å². The van der Waals surface area contributed by atoms with Crippen LogP contribution in [0.15, 0.2) is 47.8 Å². The Morgan fingerprint density at radius 3 is 2.61 bits per heavy atom. The molecular weight excluding hydrogens is 353 g/mol. The van der Waals surface area contributed by atoms with Crippen molar-refractivity contribution >= 4 is 33.9 Å². The first-order valence-electron chi connectivity index (χ1n) is 6.15. The highest BCUT2D eigenvalue weighted by Crippen LogP contribution is 2.30. The maximum Gasteiger partial charge on any atom is 0.0465 e. The van der Waals surface area contributed by atoms with Gasteiger partial charge in [-0.1, -0.05) is 59.0 Å². The molecule has 0 saturated carbocycles. The van der Waals surface area contributed by atoms with Gasteiger partial charge in [-0.25, -0.2) is 0 Å². The van der Waals surface area contributed by atoms with Crippen LogP contribution in [-0.4, -0.2) is 18.5 Å². The lowest BCUT2D eigenvalue weighted by molar-refractivity contribution is 0.323. The van der Waals surface area contributed by atoms with Crippen molar-refractivity contribution in [2.24, 2.45) is 0 Å². The standard InChI is InChI=1S/C15H18INS/c1-17(12-13-6-3-2-4-7-13)10-9-14(16)15-8-5-11-18-15/h2-8,11,14H,9-10,12H2,1H3. The van der Waals surface area contributed by atoms with Crippen LogP contribution in [0.3, 0.4) is 0 Å². The first-order chi connectivity index (χ1) is 8.75. The number of benzene rings is 1. The van der Waals surface area contributed by atoms with E-state index in [4.69, 9.17) is 0 Å². The first kappa shape index (κ1) is 14.0. The highest BCUT2D eigenvalue weighted by molar-refractivity contribution is 14.1. The van der Waals surface area contributed by atoms with Gasteiger partial charge < -0.3 is 4.90 Å².